The predicted molar refractivity (Wildman–Crippen MR) is 178 cm³/mol. The molecule has 0 aliphatic rings. The minimum Gasteiger partial charge on any atom is -0.192 e. The maximum atomic E-state index is 10.7. The van der Waals surface area contributed by atoms with Gasteiger partial charge in [0.2, 0.25) is 0 Å². The zero-order chi connectivity index (χ0) is 28.2. The van der Waals surface area contributed by atoms with Crippen molar-refractivity contribution in [1.29, 1.82) is 10.5 Å². The fourth-order valence-electron chi connectivity index (χ4n) is 6.04. The van der Waals surface area contributed by atoms with Gasteiger partial charge in [0.15, 0.2) is 0 Å². The monoisotopic (exact) mass is 568 g/mol. The molecule has 2 aromatic heterocycles. The number of hydrogen-bond acceptors (Lipinski definition) is 4. The van der Waals surface area contributed by atoms with Gasteiger partial charge in [-0.3, -0.25) is 0 Å². The highest BCUT2D eigenvalue weighted by Crippen LogP contribution is 2.45. The van der Waals surface area contributed by atoms with Crippen LogP contribution in [0.1, 0.15) is 11.1 Å². The Bertz CT molecular complexity index is 2450. The molecule has 0 fully saturated rings. The molecule has 0 atom stereocenters. The molecule has 194 valence electrons. The lowest BCUT2D eigenvalue weighted by Crippen LogP contribution is -1.94. The van der Waals surface area contributed by atoms with Crippen LogP contribution in [0.2, 0.25) is 0 Å². The smallest absolute Gasteiger partial charge is 0.100 e. The summed E-state index contributed by atoms with van der Waals surface area (Å²) in [5, 5.41) is 25.6. The van der Waals surface area contributed by atoms with Crippen LogP contribution >= 0.6 is 22.7 Å². The van der Waals surface area contributed by atoms with Crippen LogP contribution in [0.15, 0.2) is 121 Å². The Hall–Kier alpha value is -5.26. The van der Waals surface area contributed by atoms with Gasteiger partial charge in [0.25, 0.3) is 0 Å². The lowest BCUT2D eigenvalue weighted by molar-refractivity contribution is 1.46. The summed E-state index contributed by atoms with van der Waals surface area (Å²) < 4.78 is 4.82. The van der Waals surface area contributed by atoms with Gasteiger partial charge in [-0.15, -0.1) is 22.7 Å². The van der Waals surface area contributed by atoms with Gasteiger partial charge < -0.3 is 0 Å². The molecule has 0 saturated carbocycles. The van der Waals surface area contributed by atoms with Crippen molar-refractivity contribution in [3.05, 3.63) is 132 Å². The highest BCUT2D eigenvalue weighted by molar-refractivity contribution is 7.26. The highest BCUT2D eigenvalue weighted by Gasteiger charge is 2.20. The van der Waals surface area contributed by atoms with Crippen LogP contribution in [0.4, 0.5) is 0 Å². The van der Waals surface area contributed by atoms with E-state index >= 15 is 0 Å². The van der Waals surface area contributed by atoms with E-state index in [9.17, 15) is 10.5 Å². The van der Waals surface area contributed by atoms with E-state index in [4.69, 9.17) is 0 Å². The molecule has 0 aliphatic carbocycles. The zero-order valence-corrected chi connectivity index (χ0v) is 23.9. The molecule has 8 aromatic rings. The molecule has 2 heterocycles. The second-order valence-electron chi connectivity index (χ2n) is 10.3. The van der Waals surface area contributed by atoms with E-state index < -0.39 is 0 Å². The zero-order valence-electron chi connectivity index (χ0n) is 22.3. The van der Waals surface area contributed by atoms with Gasteiger partial charge in [-0.2, -0.15) is 10.5 Å². The minimum atomic E-state index is 0.610. The van der Waals surface area contributed by atoms with Crippen molar-refractivity contribution in [2.75, 3.05) is 0 Å². The fourth-order valence-corrected chi connectivity index (χ4v) is 8.42. The average Bonchev–Trinajstić information content (AvgIpc) is 3.62. The molecular weight excluding hydrogens is 549 g/mol. The third kappa shape index (κ3) is 3.75. The lowest BCUT2D eigenvalue weighted by Gasteiger charge is -2.15. The molecule has 0 aliphatic heterocycles. The summed E-state index contributed by atoms with van der Waals surface area (Å²) in [4.78, 5) is 0. The van der Waals surface area contributed by atoms with Crippen LogP contribution in [-0.4, -0.2) is 0 Å². The van der Waals surface area contributed by atoms with Gasteiger partial charge in [-0.1, -0.05) is 84.9 Å². The van der Waals surface area contributed by atoms with E-state index in [2.05, 4.69) is 109 Å². The summed E-state index contributed by atoms with van der Waals surface area (Å²) in [6.07, 6.45) is 0. The van der Waals surface area contributed by atoms with Crippen molar-refractivity contribution in [3.63, 3.8) is 0 Å². The molecule has 4 heteroatoms. The number of fused-ring (bicyclic) bond motifs is 6. The Kier molecular flexibility index (Phi) is 5.66. The van der Waals surface area contributed by atoms with Gasteiger partial charge >= 0.3 is 0 Å². The van der Waals surface area contributed by atoms with E-state index in [-0.39, 0.29) is 0 Å². The molecule has 6 aromatic carbocycles. The number of nitrogens with zero attached hydrogens (tertiary/aromatic N) is 2. The first-order valence-electron chi connectivity index (χ1n) is 13.6. The third-order valence-corrected chi connectivity index (χ3v) is 10.3. The molecule has 0 spiro atoms. The average molecular weight is 569 g/mol. The molecule has 2 nitrogen and oxygen atoms in total. The molecule has 42 heavy (non-hydrogen) atoms. The van der Waals surface area contributed by atoms with Crippen molar-refractivity contribution in [1.82, 2.24) is 0 Å². The molecule has 0 unspecified atom stereocenters. The first-order chi connectivity index (χ1) is 20.7. The molecule has 0 radical (unpaired) electrons. The van der Waals surface area contributed by atoms with Gasteiger partial charge in [0.05, 0.1) is 17.2 Å². The van der Waals surface area contributed by atoms with Crippen molar-refractivity contribution in [3.8, 4) is 45.5 Å². The minimum absolute atomic E-state index is 0.610. The molecule has 0 saturated heterocycles. The van der Waals surface area contributed by atoms with Crippen LogP contribution in [0.25, 0.3) is 73.7 Å². The molecule has 0 N–H and O–H groups in total. The molecule has 0 bridgehead atoms. The summed E-state index contributed by atoms with van der Waals surface area (Å²) in [7, 11) is 0. The lowest BCUT2D eigenvalue weighted by atomic mass is 9.87. The van der Waals surface area contributed by atoms with Crippen LogP contribution in [-0.2, 0) is 0 Å². The second-order valence-corrected chi connectivity index (χ2v) is 12.4. The highest BCUT2D eigenvalue weighted by atomic mass is 32.1. The number of benzene rings is 6. The van der Waals surface area contributed by atoms with Crippen molar-refractivity contribution < 1.29 is 0 Å². The van der Waals surface area contributed by atoms with Crippen LogP contribution in [0.3, 0.4) is 0 Å². The number of nitriles is 2. The Balaban J connectivity index is 1.46. The summed E-state index contributed by atoms with van der Waals surface area (Å²) in [6.45, 7) is 0. The Labute approximate surface area is 250 Å². The van der Waals surface area contributed by atoms with E-state index in [0.717, 1.165) is 38.1 Å². The van der Waals surface area contributed by atoms with Gasteiger partial charge in [-0.05, 0) is 53.1 Å². The first-order valence-corrected chi connectivity index (χ1v) is 15.3. The number of thiophene rings is 2. The van der Waals surface area contributed by atoms with E-state index in [1.54, 1.807) is 22.7 Å². The quantitative estimate of drug-likeness (QED) is 0.213. The van der Waals surface area contributed by atoms with Crippen LogP contribution in [0, 0.1) is 22.7 Å². The maximum Gasteiger partial charge on any atom is 0.100 e. The summed E-state index contributed by atoms with van der Waals surface area (Å²) in [5.74, 6) is 0. The number of rotatable bonds is 3. The first kappa shape index (κ1) is 24.5. The van der Waals surface area contributed by atoms with E-state index in [1.165, 1.54) is 35.6 Å². The Morgan fingerprint density at radius 3 is 1.88 bits per heavy atom. The largest absolute Gasteiger partial charge is 0.192 e. The van der Waals surface area contributed by atoms with Gasteiger partial charge in [0, 0.05) is 57.0 Å². The van der Waals surface area contributed by atoms with E-state index in [1.807, 2.05) is 24.3 Å². The van der Waals surface area contributed by atoms with E-state index in [0.29, 0.717) is 11.1 Å². The predicted octanol–water partition coefficient (Wildman–Crippen LogP) is 11.2. The van der Waals surface area contributed by atoms with Crippen LogP contribution < -0.4 is 0 Å². The van der Waals surface area contributed by atoms with Crippen molar-refractivity contribution >= 4 is 63.0 Å². The Morgan fingerprint density at radius 1 is 0.429 bits per heavy atom. The van der Waals surface area contributed by atoms with Gasteiger partial charge in [0.1, 0.15) is 6.07 Å². The standard InChI is InChI=1S/C38H20N2S2/c39-21-24-8-1-2-9-26(24)25-18-32(23-16-17-29-27-10-3-5-14-35(27)41-37(29)20-23)34(22-40)33(19-25)31-13-7-12-30-28-11-4-6-15-36(28)42-38(30)31/h1-20H. The summed E-state index contributed by atoms with van der Waals surface area (Å²) >= 11 is 3.53. The van der Waals surface area contributed by atoms with Gasteiger partial charge in [-0.25, -0.2) is 0 Å². The Morgan fingerprint density at radius 2 is 1.07 bits per heavy atom. The topological polar surface area (TPSA) is 47.6 Å². The third-order valence-electron chi connectivity index (χ3n) is 7.99. The number of hydrogen-bond donors (Lipinski definition) is 0. The van der Waals surface area contributed by atoms with Crippen LogP contribution in [0.5, 0.6) is 0 Å². The molecule has 8 rings (SSSR count). The molecular formula is C38H20N2S2. The van der Waals surface area contributed by atoms with Crippen molar-refractivity contribution in [2.45, 2.75) is 0 Å². The normalized spacial score (nSPS) is 11.3. The molecule has 0 amide bonds. The summed E-state index contributed by atoms with van der Waals surface area (Å²) in [6, 6.07) is 46.6. The summed E-state index contributed by atoms with van der Waals surface area (Å²) in [5.41, 5.74) is 6.81. The SMILES string of the molecule is N#Cc1ccccc1-c1cc(-c2ccc3c(c2)sc2ccccc23)c(C#N)c(-c2cccc3c2sc2ccccc23)c1. The van der Waals surface area contributed by atoms with Crippen molar-refractivity contribution in [2.24, 2.45) is 0 Å². The second kappa shape index (κ2) is 9.68. The fraction of sp³-hybridized carbons (Fsp3) is 0. The maximum absolute atomic E-state index is 10.7.